The van der Waals surface area contributed by atoms with Crippen molar-refractivity contribution < 1.29 is 13.7 Å². The molecule has 2 rings (SSSR count). The predicted molar refractivity (Wildman–Crippen MR) is 68.4 cm³/mol. The summed E-state index contributed by atoms with van der Waals surface area (Å²) in [4.78, 5) is 4.20. The first-order valence-corrected chi connectivity index (χ1v) is 6.21. The van der Waals surface area contributed by atoms with Gasteiger partial charge in [0.1, 0.15) is 18.1 Å². The first-order valence-electron chi connectivity index (χ1n) is 6.21. The van der Waals surface area contributed by atoms with Gasteiger partial charge < -0.3 is 19.0 Å². The van der Waals surface area contributed by atoms with E-state index in [0.29, 0.717) is 24.9 Å². The van der Waals surface area contributed by atoms with Crippen LogP contribution in [0.3, 0.4) is 0 Å². The van der Waals surface area contributed by atoms with Crippen LogP contribution in [-0.4, -0.2) is 17.3 Å². The van der Waals surface area contributed by atoms with Crippen LogP contribution in [-0.2, 0) is 17.9 Å². The third-order valence-electron chi connectivity index (χ3n) is 2.89. The minimum atomic E-state index is 0.162. The highest BCUT2D eigenvalue weighted by molar-refractivity contribution is 5.23. The minimum absolute atomic E-state index is 0.162. The number of hydrogen-bond donors (Lipinski definition) is 1. The number of nitrogens with zero attached hydrogens (tertiary/aromatic N) is 2. The number of nitrogens with one attached hydrogen (secondary N) is 1. The SMILES string of the molecule is COCc1noc(CNC(C)c2cc(C)oc2C)n1. The average Bonchev–Trinajstić information content (AvgIpc) is 2.93. The van der Waals surface area contributed by atoms with Crippen molar-refractivity contribution in [1.82, 2.24) is 15.5 Å². The van der Waals surface area contributed by atoms with Crippen LogP contribution in [0.4, 0.5) is 0 Å². The van der Waals surface area contributed by atoms with Gasteiger partial charge >= 0.3 is 0 Å². The Morgan fingerprint density at radius 2 is 2.21 bits per heavy atom. The van der Waals surface area contributed by atoms with Gasteiger partial charge in [0.05, 0.1) is 6.54 Å². The molecule has 0 aliphatic rings. The molecule has 0 aromatic carbocycles. The van der Waals surface area contributed by atoms with Crippen LogP contribution in [0.2, 0.25) is 0 Å². The van der Waals surface area contributed by atoms with E-state index >= 15 is 0 Å². The predicted octanol–water partition coefficient (Wildman–Crippen LogP) is 2.28. The molecular weight excluding hydrogens is 246 g/mol. The minimum Gasteiger partial charge on any atom is -0.466 e. The van der Waals surface area contributed by atoms with Gasteiger partial charge in [-0.2, -0.15) is 4.98 Å². The van der Waals surface area contributed by atoms with Crippen LogP contribution in [0, 0.1) is 13.8 Å². The Morgan fingerprint density at radius 3 is 2.84 bits per heavy atom. The summed E-state index contributed by atoms with van der Waals surface area (Å²) in [6, 6.07) is 2.20. The van der Waals surface area contributed by atoms with E-state index in [2.05, 4.69) is 22.4 Å². The molecule has 1 N–H and O–H groups in total. The van der Waals surface area contributed by atoms with Crippen LogP contribution < -0.4 is 5.32 Å². The molecule has 0 bridgehead atoms. The van der Waals surface area contributed by atoms with Crippen molar-refractivity contribution in [3.05, 3.63) is 34.9 Å². The average molecular weight is 265 g/mol. The third-order valence-corrected chi connectivity index (χ3v) is 2.89. The summed E-state index contributed by atoms with van der Waals surface area (Å²) in [6.45, 7) is 6.85. The fourth-order valence-corrected chi connectivity index (χ4v) is 1.98. The lowest BCUT2D eigenvalue weighted by atomic mass is 10.1. The van der Waals surface area contributed by atoms with E-state index in [1.165, 1.54) is 0 Å². The van der Waals surface area contributed by atoms with E-state index < -0.39 is 0 Å². The maximum Gasteiger partial charge on any atom is 0.240 e. The first-order chi connectivity index (χ1) is 9.10. The molecular formula is C13H19N3O3. The molecule has 104 valence electrons. The molecule has 6 nitrogen and oxygen atoms in total. The van der Waals surface area contributed by atoms with Crippen molar-refractivity contribution in [3.8, 4) is 0 Å². The van der Waals surface area contributed by atoms with Crippen LogP contribution in [0.1, 0.15) is 41.8 Å². The Hall–Kier alpha value is -1.66. The van der Waals surface area contributed by atoms with Crippen molar-refractivity contribution >= 4 is 0 Å². The summed E-state index contributed by atoms with van der Waals surface area (Å²) >= 11 is 0. The standard InChI is InChI=1S/C13H19N3O3/c1-8-5-11(10(3)18-8)9(2)14-6-13-15-12(7-17-4)16-19-13/h5,9,14H,6-7H2,1-4H3. The van der Waals surface area contributed by atoms with Crippen LogP contribution in [0.15, 0.2) is 15.0 Å². The van der Waals surface area contributed by atoms with Crippen molar-refractivity contribution in [2.24, 2.45) is 0 Å². The maximum absolute atomic E-state index is 5.52. The summed E-state index contributed by atoms with van der Waals surface area (Å²) < 4.78 is 15.6. The highest BCUT2D eigenvalue weighted by atomic mass is 16.5. The van der Waals surface area contributed by atoms with Gasteiger partial charge in [0.25, 0.3) is 0 Å². The van der Waals surface area contributed by atoms with E-state index in [4.69, 9.17) is 13.7 Å². The van der Waals surface area contributed by atoms with Gasteiger partial charge in [-0.1, -0.05) is 5.16 Å². The second kappa shape index (κ2) is 5.99. The Balaban J connectivity index is 1.92. The van der Waals surface area contributed by atoms with Crippen molar-refractivity contribution in [2.75, 3.05) is 7.11 Å². The smallest absolute Gasteiger partial charge is 0.240 e. The molecule has 2 heterocycles. The van der Waals surface area contributed by atoms with E-state index in [9.17, 15) is 0 Å². The van der Waals surface area contributed by atoms with Gasteiger partial charge in [-0.05, 0) is 26.8 Å². The quantitative estimate of drug-likeness (QED) is 0.863. The van der Waals surface area contributed by atoms with Gasteiger partial charge in [-0.25, -0.2) is 0 Å². The van der Waals surface area contributed by atoms with Gasteiger partial charge in [-0.3, -0.25) is 0 Å². The highest BCUT2D eigenvalue weighted by Crippen LogP contribution is 2.21. The molecule has 0 aliphatic heterocycles. The number of hydrogen-bond acceptors (Lipinski definition) is 6. The zero-order valence-corrected chi connectivity index (χ0v) is 11.7. The molecule has 0 fully saturated rings. The molecule has 0 radical (unpaired) electrons. The lowest BCUT2D eigenvalue weighted by molar-refractivity contribution is 0.174. The molecule has 0 spiro atoms. The fourth-order valence-electron chi connectivity index (χ4n) is 1.98. The zero-order chi connectivity index (χ0) is 13.8. The molecule has 0 saturated carbocycles. The van der Waals surface area contributed by atoms with E-state index in [0.717, 1.165) is 17.1 Å². The number of methoxy groups -OCH3 is 1. The highest BCUT2D eigenvalue weighted by Gasteiger charge is 2.13. The molecule has 2 aromatic heterocycles. The Labute approximate surface area is 112 Å². The Morgan fingerprint density at radius 1 is 1.42 bits per heavy atom. The lowest BCUT2D eigenvalue weighted by Crippen LogP contribution is -2.18. The second-order valence-electron chi connectivity index (χ2n) is 4.51. The van der Waals surface area contributed by atoms with Crippen LogP contribution >= 0.6 is 0 Å². The zero-order valence-electron chi connectivity index (χ0n) is 11.7. The molecule has 0 aliphatic carbocycles. The van der Waals surface area contributed by atoms with Crippen LogP contribution in [0.25, 0.3) is 0 Å². The van der Waals surface area contributed by atoms with E-state index in [1.807, 2.05) is 19.9 Å². The molecule has 0 saturated heterocycles. The largest absolute Gasteiger partial charge is 0.466 e. The van der Waals surface area contributed by atoms with Crippen molar-refractivity contribution in [3.63, 3.8) is 0 Å². The van der Waals surface area contributed by atoms with Gasteiger partial charge in [0, 0.05) is 18.7 Å². The monoisotopic (exact) mass is 265 g/mol. The molecule has 19 heavy (non-hydrogen) atoms. The summed E-state index contributed by atoms with van der Waals surface area (Å²) in [5.74, 6) is 2.96. The van der Waals surface area contributed by atoms with Crippen molar-refractivity contribution in [2.45, 2.75) is 40.0 Å². The normalized spacial score (nSPS) is 12.8. The molecule has 1 unspecified atom stereocenters. The van der Waals surface area contributed by atoms with E-state index in [1.54, 1.807) is 7.11 Å². The van der Waals surface area contributed by atoms with Crippen molar-refractivity contribution in [1.29, 1.82) is 0 Å². The van der Waals surface area contributed by atoms with Gasteiger partial charge in [-0.15, -0.1) is 0 Å². The Kier molecular flexibility index (Phi) is 4.34. The number of aryl methyl sites for hydroxylation is 2. The number of rotatable bonds is 6. The third kappa shape index (κ3) is 3.42. The molecule has 6 heteroatoms. The fraction of sp³-hybridized carbons (Fsp3) is 0.538. The second-order valence-corrected chi connectivity index (χ2v) is 4.51. The topological polar surface area (TPSA) is 73.3 Å². The van der Waals surface area contributed by atoms with E-state index in [-0.39, 0.29) is 6.04 Å². The summed E-state index contributed by atoms with van der Waals surface area (Å²) in [6.07, 6.45) is 0. The van der Waals surface area contributed by atoms with Gasteiger partial charge in [0.15, 0.2) is 5.82 Å². The molecule has 2 aromatic rings. The summed E-state index contributed by atoms with van der Waals surface area (Å²) in [7, 11) is 1.60. The lowest BCUT2D eigenvalue weighted by Gasteiger charge is -2.10. The first kappa shape index (κ1) is 13.8. The molecule has 0 amide bonds. The maximum atomic E-state index is 5.52. The van der Waals surface area contributed by atoms with Gasteiger partial charge in [0.2, 0.25) is 5.89 Å². The summed E-state index contributed by atoms with van der Waals surface area (Å²) in [5, 5.41) is 7.14. The van der Waals surface area contributed by atoms with Crippen LogP contribution in [0.5, 0.6) is 0 Å². The number of aromatic nitrogens is 2. The summed E-state index contributed by atoms with van der Waals surface area (Å²) in [5.41, 5.74) is 1.15. The Bertz CT molecular complexity index is 533. The number of ether oxygens (including phenoxy) is 1. The number of furan rings is 1. The molecule has 1 atom stereocenters.